The molecule has 4 fully saturated rings. The van der Waals surface area contributed by atoms with Crippen molar-refractivity contribution in [3.8, 4) is 11.5 Å². The van der Waals surface area contributed by atoms with E-state index in [4.69, 9.17) is 19.7 Å². The Morgan fingerprint density at radius 1 is 0.612 bits per heavy atom. The fourth-order valence-electron chi connectivity index (χ4n) is 9.51. The number of ether oxygens (including phenoxy) is 2. The van der Waals surface area contributed by atoms with Crippen LogP contribution >= 0.6 is 0 Å². The van der Waals surface area contributed by atoms with Crippen molar-refractivity contribution in [3.05, 3.63) is 97.3 Å². The summed E-state index contributed by atoms with van der Waals surface area (Å²) in [6.45, 7) is 11.8. The first kappa shape index (κ1) is 50.9. The summed E-state index contributed by atoms with van der Waals surface area (Å²) in [6, 6.07) is 28.1. The predicted octanol–water partition coefficient (Wildman–Crippen LogP) is 6.24. The Labute approximate surface area is 397 Å². The number of methoxy groups -OCH3 is 2. The second-order valence-electron chi connectivity index (χ2n) is 18.0. The van der Waals surface area contributed by atoms with Gasteiger partial charge in [0.05, 0.1) is 31.5 Å². The molecule has 2 aliphatic carbocycles. The molecule has 8 rings (SSSR count). The Bertz CT molecular complexity index is 2020. The number of nitrogens with one attached hydrogen (secondary N) is 1. The molecule has 4 N–H and O–H groups in total. The first-order chi connectivity index (χ1) is 32.8. The lowest BCUT2D eigenvalue weighted by molar-refractivity contribution is -0.143. The number of hydrogen-bond donors (Lipinski definition) is 4. The van der Waals surface area contributed by atoms with Gasteiger partial charge in [-0.05, 0) is 112 Å². The molecule has 0 radical (unpaired) electrons. The lowest BCUT2D eigenvalue weighted by atomic mass is 9.81. The van der Waals surface area contributed by atoms with Gasteiger partial charge in [-0.1, -0.05) is 36.4 Å². The van der Waals surface area contributed by atoms with Crippen LogP contribution < -0.4 is 29.5 Å². The van der Waals surface area contributed by atoms with Crippen molar-refractivity contribution in [1.29, 1.82) is 0 Å². The summed E-state index contributed by atoms with van der Waals surface area (Å²) in [5.74, 6) is 3.61. The van der Waals surface area contributed by atoms with Crippen molar-refractivity contribution < 1.29 is 34.4 Å². The topological polar surface area (TPSA) is 167 Å². The number of carboxylic acid groups (broad SMARTS) is 1. The molecule has 4 heterocycles. The molecule has 0 atom stereocenters. The number of para-hydroxylation sites is 4. The number of aromatic nitrogens is 2. The third kappa shape index (κ3) is 15.5. The quantitative estimate of drug-likeness (QED) is 0.0998. The van der Waals surface area contributed by atoms with Gasteiger partial charge in [-0.25, -0.2) is 9.97 Å². The zero-order valence-electron chi connectivity index (χ0n) is 39.7. The lowest BCUT2D eigenvalue weighted by Gasteiger charge is -2.38. The highest BCUT2D eigenvalue weighted by atomic mass is 16.5. The predicted molar refractivity (Wildman–Crippen MR) is 265 cm³/mol. The molecule has 15 nitrogen and oxygen atoms in total. The third-order valence-electron chi connectivity index (χ3n) is 13.7. The van der Waals surface area contributed by atoms with E-state index in [0.717, 1.165) is 152 Å². The first-order valence-electron chi connectivity index (χ1n) is 24.3. The molecule has 2 aliphatic heterocycles. The monoisotopic (exact) mass is 923 g/mol. The number of carbonyl (C=O) groups excluding carboxylic acids is 1. The van der Waals surface area contributed by atoms with Gasteiger partial charge in [0.2, 0.25) is 5.91 Å². The fraction of sp³-hybridized carbons (Fsp3) is 0.538. The van der Waals surface area contributed by atoms with Crippen LogP contribution in [-0.4, -0.2) is 153 Å². The zero-order chi connectivity index (χ0) is 47.2. The highest BCUT2D eigenvalue weighted by Crippen LogP contribution is 2.32. The summed E-state index contributed by atoms with van der Waals surface area (Å²) in [6.07, 6.45) is 10.3. The summed E-state index contributed by atoms with van der Waals surface area (Å²) >= 11 is 0. The molecule has 2 aromatic carbocycles. The standard InChI is InChI=1S/C26H36N4O3.C18H24N4O.C8H14O3/c1-33-24-7-3-2-6-23(24)29-17-14-28(15-18-29)16-19-30(25-8-4-5-13-27-25)26(32)22-11-9-21(20-31)10-12-22;1-23-17-7-3-2-6-16(17)22-14-12-21(13-15-22)11-10-20-18-8-4-5-9-19-18;9-5-6-1-3-7(4-2-6)8(10)11/h2-8,13,21-22,31H,9-12,14-20H2,1H3;2-9H,10-15H2,1H3,(H,19,20);6-7,9H,1-5H2,(H,10,11). The highest BCUT2D eigenvalue weighted by Gasteiger charge is 2.31. The van der Waals surface area contributed by atoms with E-state index >= 15 is 0 Å². The van der Waals surface area contributed by atoms with Crippen molar-refractivity contribution >= 4 is 34.9 Å². The Hall–Kier alpha value is -5.48. The minimum absolute atomic E-state index is 0.0252. The molecule has 4 aliphatic rings. The number of hydrogen-bond acceptors (Lipinski definition) is 13. The van der Waals surface area contributed by atoms with Gasteiger partial charge in [-0.2, -0.15) is 0 Å². The van der Waals surface area contributed by atoms with E-state index in [1.165, 1.54) is 5.69 Å². The maximum Gasteiger partial charge on any atom is 0.306 e. The number of rotatable bonds is 16. The SMILES string of the molecule is COc1ccccc1N1CCN(CCN(C(=O)C2CCC(CO)CC2)c2ccccn2)CC1.COc1ccccc1N1CCN(CCNc2ccccn2)CC1.O=C(O)C1CCC(CO)CC1. The van der Waals surface area contributed by atoms with E-state index < -0.39 is 5.97 Å². The molecular formula is C52H74N8O7. The number of carbonyl (C=O) groups is 2. The molecule has 1 amide bonds. The van der Waals surface area contributed by atoms with Gasteiger partial charge in [0.1, 0.15) is 23.1 Å². The summed E-state index contributed by atoms with van der Waals surface area (Å²) in [7, 11) is 3.45. The van der Waals surface area contributed by atoms with Crippen LogP contribution in [0, 0.1) is 23.7 Å². The number of aliphatic carboxylic acids is 1. The Kier molecular flexibility index (Phi) is 20.8. The van der Waals surface area contributed by atoms with E-state index in [9.17, 15) is 14.7 Å². The van der Waals surface area contributed by atoms with E-state index in [1.54, 1.807) is 20.4 Å². The van der Waals surface area contributed by atoms with Crippen LogP contribution in [-0.2, 0) is 9.59 Å². The van der Waals surface area contributed by atoms with Gasteiger partial charge in [-0.15, -0.1) is 0 Å². The molecule has 4 aromatic rings. The van der Waals surface area contributed by atoms with Gasteiger partial charge in [0.25, 0.3) is 0 Å². The van der Waals surface area contributed by atoms with Crippen LogP contribution in [0.1, 0.15) is 51.4 Å². The van der Waals surface area contributed by atoms with Crippen LogP contribution in [0.4, 0.5) is 23.0 Å². The van der Waals surface area contributed by atoms with Crippen molar-refractivity contribution in [2.24, 2.45) is 23.7 Å². The maximum absolute atomic E-state index is 13.5. The Morgan fingerprint density at radius 2 is 1.09 bits per heavy atom. The van der Waals surface area contributed by atoms with E-state index in [0.29, 0.717) is 18.4 Å². The largest absolute Gasteiger partial charge is 0.495 e. The van der Waals surface area contributed by atoms with Crippen LogP contribution in [0.25, 0.3) is 0 Å². The van der Waals surface area contributed by atoms with Gasteiger partial charge in [-0.3, -0.25) is 24.3 Å². The number of piperazine rings is 2. The van der Waals surface area contributed by atoms with Crippen LogP contribution in [0.2, 0.25) is 0 Å². The average molecular weight is 923 g/mol. The lowest BCUT2D eigenvalue weighted by Crippen LogP contribution is -2.50. The van der Waals surface area contributed by atoms with Crippen LogP contribution in [0.5, 0.6) is 11.5 Å². The number of benzene rings is 2. The molecule has 0 bridgehead atoms. The summed E-state index contributed by atoms with van der Waals surface area (Å²) in [5.41, 5.74) is 2.34. The fourth-order valence-corrected chi connectivity index (χ4v) is 9.51. The van der Waals surface area contributed by atoms with Crippen LogP contribution in [0.15, 0.2) is 97.3 Å². The molecule has 67 heavy (non-hydrogen) atoms. The molecule has 0 spiro atoms. The first-order valence-corrected chi connectivity index (χ1v) is 24.3. The second-order valence-corrected chi connectivity index (χ2v) is 18.0. The molecule has 15 heteroatoms. The number of carboxylic acids is 1. The van der Waals surface area contributed by atoms with E-state index in [-0.39, 0.29) is 31.0 Å². The maximum atomic E-state index is 13.5. The molecule has 0 unspecified atom stereocenters. The molecular weight excluding hydrogens is 849 g/mol. The third-order valence-corrected chi connectivity index (χ3v) is 13.7. The Balaban J connectivity index is 0.000000188. The second kappa shape index (κ2) is 27.4. The van der Waals surface area contributed by atoms with Gasteiger partial charge in [0, 0.05) is 110 Å². The summed E-state index contributed by atoms with van der Waals surface area (Å²) in [4.78, 5) is 44.3. The van der Waals surface area contributed by atoms with E-state index in [1.807, 2.05) is 71.8 Å². The Morgan fingerprint density at radius 3 is 1.55 bits per heavy atom. The molecule has 364 valence electrons. The van der Waals surface area contributed by atoms with E-state index in [2.05, 4.69) is 59.1 Å². The zero-order valence-corrected chi connectivity index (χ0v) is 39.7. The van der Waals surface area contributed by atoms with Gasteiger partial charge >= 0.3 is 5.97 Å². The minimum atomic E-state index is -0.679. The number of amides is 1. The van der Waals surface area contributed by atoms with Crippen molar-refractivity contribution in [2.45, 2.75) is 51.4 Å². The van der Waals surface area contributed by atoms with Crippen molar-refractivity contribution in [3.63, 3.8) is 0 Å². The average Bonchev–Trinajstić information content (AvgIpc) is 3.40. The van der Waals surface area contributed by atoms with Gasteiger partial charge < -0.3 is 39.9 Å². The molecule has 2 saturated carbocycles. The van der Waals surface area contributed by atoms with Crippen LogP contribution in [0.3, 0.4) is 0 Å². The smallest absolute Gasteiger partial charge is 0.306 e. The van der Waals surface area contributed by atoms with Crippen molar-refractivity contribution in [2.75, 3.05) is 126 Å². The minimum Gasteiger partial charge on any atom is -0.495 e. The number of anilines is 4. The normalized spacial score (nSPS) is 21.1. The number of pyridine rings is 2. The highest BCUT2D eigenvalue weighted by molar-refractivity contribution is 5.94. The number of nitrogens with zero attached hydrogens (tertiary/aromatic N) is 7. The summed E-state index contributed by atoms with van der Waals surface area (Å²) in [5, 5.41) is 30.2. The number of aliphatic hydroxyl groups excluding tert-OH is 2. The van der Waals surface area contributed by atoms with Crippen molar-refractivity contribution in [1.82, 2.24) is 19.8 Å². The summed E-state index contributed by atoms with van der Waals surface area (Å²) < 4.78 is 11.0. The molecule has 2 aromatic heterocycles. The number of aliphatic hydroxyl groups is 2. The van der Waals surface area contributed by atoms with Gasteiger partial charge in [0.15, 0.2) is 0 Å². The molecule has 2 saturated heterocycles.